The molecule has 0 spiro atoms. The molecule has 0 heterocycles. The van der Waals surface area contributed by atoms with E-state index in [1.165, 1.54) is 5.56 Å². The summed E-state index contributed by atoms with van der Waals surface area (Å²) in [5, 5.41) is 0. The third kappa shape index (κ3) is 140. The lowest BCUT2D eigenvalue weighted by molar-refractivity contribution is 0.277. The highest BCUT2D eigenvalue weighted by atomic mass is 16.5. The largest absolute Gasteiger partial charge is 0.388 e. The molecule has 0 bridgehead atoms. The molecule has 50 heavy (non-hydrogen) atoms. The van der Waals surface area contributed by atoms with E-state index < -0.39 is 0 Å². The highest BCUT2D eigenvalue weighted by molar-refractivity contribution is 5.76. The maximum Gasteiger partial charge on any atom is 0.0351 e. The third-order valence-electron chi connectivity index (χ3n) is 3.25. The number of rotatable bonds is 1. The molecule has 4 rings (SSSR count). The minimum Gasteiger partial charge on any atom is -0.388 e. The Hall–Kier alpha value is -3.15. The van der Waals surface area contributed by atoms with Gasteiger partial charge < -0.3 is 18.9 Å². The summed E-state index contributed by atoms with van der Waals surface area (Å²) in [4.78, 5) is 0. The van der Waals surface area contributed by atoms with E-state index in [-0.39, 0.29) is 16.8 Å². The average Bonchev–Trinajstić information content (AvgIpc) is 3.20. The van der Waals surface area contributed by atoms with E-state index in [1.54, 1.807) is 56.9 Å². The van der Waals surface area contributed by atoms with Crippen LogP contribution in [0.5, 0.6) is 0 Å². The van der Waals surface area contributed by atoms with Gasteiger partial charge in [-0.25, -0.2) is 0 Å². The molecule has 4 aromatic rings. The minimum atomic E-state index is 0. The SMILES string of the molecule is CC.CC.CC.CC.CC.CCc1ccccc1.COC.COC.COC.COC.[B].[B].c1ccccc1.c1ccccc1.c1ccccc1. The maximum atomic E-state index is 4.25. The Kier molecular flexibility index (Phi) is 182. The van der Waals surface area contributed by atoms with Crippen LogP contribution in [0.1, 0.15) is 81.7 Å². The zero-order valence-electron chi connectivity index (χ0n) is 36.3. The smallest absolute Gasteiger partial charge is 0.0351 e. The second-order valence-corrected chi connectivity index (χ2v) is 6.94. The van der Waals surface area contributed by atoms with E-state index in [0.29, 0.717) is 0 Å². The van der Waals surface area contributed by atoms with Crippen molar-refractivity contribution in [1.29, 1.82) is 0 Å². The minimum absolute atomic E-state index is 0. The van der Waals surface area contributed by atoms with Gasteiger partial charge in [0, 0.05) is 73.7 Å². The molecule has 0 aliphatic carbocycles. The topological polar surface area (TPSA) is 36.9 Å². The fourth-order valence-electron chi connectivity index (χ4n) is 1.87. The highest BCUT2D eigenvalue weighted by Gasteiger charge is 1.80. The van der Waals surface area contributed by atoms with Crippen molar-refractivity contribution < 1.29 is 18.9 Å². The van der Waals surface area contributed by atoms with E-state index >= 15 is 0 Å². The van der Waals surface area contributed by atoms with Crippen LogP contribution in [0, 0.1) is 0 Å². The van der Waals surface area contributed by atoms with Crippen molar-refractivity contribution in [2.75, 3.05) is 56.9 Å². The van der Waals surface area contributed by atoms with Crippen LogP contribution in [0.3, 0.4) is 0 Å². The fourth-order valence-corrected chi connectivity index (χ4v) is 1.87. The monoisotopic (exact) mass is 697 g/mol. The van der Waals surface area contributed by atoms with E-state index in [2.05, 4.69) is 50.1 Å². The fraction of sp³-hybridized carbons (Fsp3) is 0.455. The lowest BCUT2D eigenvalue weighted by atomic mass is 10.2. The molecule has 0 atom stereocenters. The summed E-state index contributed by atoms with van der Waals surface area (Å²) in [7, 11) is 13.0. The molecule has 6 heteroatoms. The zero-order valence-corrected chi connectivity index (χ0v) is 36.3. The molecule has 0 N–H and O–H groups in total. The quantitative estimate of drug-likeness (QED) is 0.186. The van der Waals surface area contributed by atoms with Gasteiger partial charge in [-0.2, -0.15) is 0 Å². The third-order valence-corrected chi connectivity index (χ3v) is 3.25. The molecule has 0 aromatic heterocycles. The Bertz CT molecular complexity index is 634. The van der Waals surface area contributed by atoms with Gasteiger partial charge >= 0.3 is 0 Å². The van der Waals surface area contributed by atoms with E-state index in [0.717, 1.165) is 6.42 Å². The second-order valence-electron chi connectivity index (χ2n) is 6.94. The van der Waals surface area contributed by atoms with Gasteiger partial charge in [0.15, 0.2) is 0 Å². The van der Waals surface area contributed by atoms with Crippen molar-refractivity contribution in [2.45, 2.75) is 82.6 Å². The number of hydrogen-bond donors (Lipinski definition) is 0. The number of methoxy groups -OCH3 is 4. The molecule has 6 radical (unpaired) electrons. The van der Waals surface area contributed by atoms with Crippen molar-refractivity contribution in [3.63, 3.8) is 0 Å². The van der Waals surface area contributed by atoms with Crippen LogP contribution >= 0.6 is 0 Å². The van der Waals surface area contributed by atoms with E-state index in [4.69, 9.17) is 0 Å². The summed E-state index contributed by atoms with van der Waals surface area (Å²) in [6.45, 7) is 22.2. The van der Waals surface area contributed by atoms with Gasteiger partial charge in [0.2, 0.25) is 0 Å². The van der Waals surface area contributed by atoms with Gasteiger partial charge in [0.25, 0.3) is 0 Å². The maximum absolute atomic E-state index is 4.25. The van der Waals surface area contributed by atoms with Crippen molar-refractivity contribution in [3.8, 4) is 0 Å². The number of ether oxygens (including phenoxy) is 4. The number of hydrogen-bond acceptors (Lipinski definition) is 4. The molecule has 0 saturated heterocycles. The van der Waals surface area contributed by atoms with Gasteiger partial charge in [0.1, 0.15) is 0 Å². The molecule has 4 aromatic carbocycles. The van der Waals surface area contributed by atoms with Crippen LogP contribution in [-0.2, 0) is 25.4 Å². The van der Waals surface area contributed by atoms with Gasteiger partial charge in [0.05, 0.1) is 0 Å². The molecular weight excluding hydrogens is 614 g/mol. The lowest BCUT2D eigenvalue weighted by Gasteiger charge is -1.89. The van der Waals surface area contributed by atoms with Crippen LogP contribution < -0.4 is 0 Å². The van der Waals surface area contributed by atoms with E-state index in [1.807, 2.05) is 184 Å². The zero-order chi connectivity index (χ0) is 39.4. The van der Waals surface area contributed by atoms with Gasteiger partial charge in [-0.05, 0) is 12.0 Å². The first-order valence-corrected chi connectivity index (χ1v) is 17.2. The molecule has 0 unspecified atom stereocenters. The summed E-state index contributed by atoms with van der Waals surface area (Å²) in [5.41, 5.74) is 1.41. The Balaban J connectivity index is -0.0000000379. The molecule has 0 amide bonds. The molecule has 0 aliphatic heterocycles. The Labute approximate surface area is 319 Å². The number of aryl methyl sites for hydroxylation is 1. The molecule has 288 valence electrons. The predicted octanol–water partition coefficient (Wildman–Crippen LogP) is 12.7. The summed E-state index contributed by atoms with van der Waals surface area (Å²) < 4.78 is 17.0. The first-order valence-electron chi connectivity index (χ1n) is 17.2. The Morgan fingerprint density at radius 2 is 0.380 bits per heavy atom. The summed E-state index contributed by atoms with van der Waals surface area (Å²) in [6.07, 6.45) is 1.14. The summed E-state index contributed by atoms with van der Waals surface area (Å²) >= 11 is 0. The first kappa shape index (κ1) is 76.6. The summed E-state index contributed by atoms with van der Waals surface area (Å²) in [5.74, 6) is 0. The van der Waals surface area contributed by atoms with Crippen LogP contribution in [-0.4, -0.2) is 73.7 Å². The standard InChI is InChI=1S/C8H10.3C6H6.4C2H6O.5C2H6.2B/c1-2-8-6-4-3-5-7-8;3*1-2-4-6-5-3-1;4*1-3-2;5*1-2;;/h3-7H,2H2,1H3;3*1-6H;4*1-2H3;5*1-2H3;;. The molecule has 0 fully saturated rings. The lowest BCUT2D eigenvalue weighted by Crippen LogP contribution is -1.73. The van der Waals surface area contributed by atoms with Gasteiger partial charge in [-0.1, -0.05) is 216 Å². The first-order chi connectivity index (χ1) is 23.6. The molecule has 0 saturated carbocycles. The van der Waals surface area contributed by atoms with Crippen molar-refractivity contribution >= 4 is 16.8 Å². The molecule has 4 nitrogen and oxygen atoms in total. The van der Waals surface area contributed by atoms with Crippen LogP contribution in [0.2, 0.25) is 0 Å². The van der Waals surface area contributed by atoms with E-state index in [9.17, 15) is 0 Å². The van der Waals surface area contributed by atoms with Crippen LogP contribution in [0.25, 0.3) is 0 Å². The van der Waals surface area contributed by atoms with Gasteiger partial charge in [-0.3, -0.25) is 0 Å². The predicted molar refractivity (Wildman–Crippen MR) is 235 cm³/mol. The van der Waals surface area contributed by atoms with Crippen LogP contribution in [0.4, 0.5) is 0 Å². The van der Waals surface area contributed by atoms with Crippen LogP contribution in [0.15, 0.2) is 140 Å². The second kappa shape index (κ2) is 119. The molecule has 0 aliphatic rings. The normalized spacial score (nSPS) is 6.38. The molecular formula is C44H82B2O4. The Morgan fingerprint density at radius 3 is 0.460 bits per heavy atom. The van der Waals surface area contributed by atoms with Crippen molar-refractivity contribution in [1.82, 2.24) is 0 Å². The summed E-state index contributed by atoms with van der Waals surface area (Å²) in [6, 6.07) is 46.5. The number of benzene rings is 4. The Morgan fingerprint density at radius 1 is 0.280 bits per heavy atom. The average molecular weight is 697 g/mol. The van der Waals surface area contributed by atoms with Crippen molar-refractivity contribution in [2.24, 2.45) is 0 Å². The van der Waals surface area contributed by atoms with Gasteiger partial charge in [-0.15, -0.1) is 0 Å². The van der Waals surface area contributed by atoms with Crippen molar-refractivity contribution in [3.05, 3.63) is 145 Å². The highest BCUT2D eigenvalue weighted by Crippen LogP contribution is 1.96.